The van der Waals surface area contributed by atoms with E-state index in [-0.39, 0.29) is 11.6 Å². The quantitative estimate of drug-likeness (QED) is 0.600. The van der Waals surface area contributed by atoms with Crippen LogP contribution in [-0.4, -0.2) is 19.6 Å². The van der Waals surface area contributed by atoms with E-state index in [1.54, 1.807) is 6.92 Å². The topological polar surface area (TPSA) is 101 Å². The van der Waals surface area contributed by atoms with Crippen molar-refractivity contribution in [2.75, 3.05) is 0 Å². The third-order valence-electron chi connectivity index (χ3n) is 2.43. The van der Waals surface area contributed by atoms with Gasteiger partial charge in [0.15, 0.2) is 0 Å². The van der Waals surface area contributed by atoms with Crippen LogP contribution in [0.25, 0.3) is 5.69 Å². The zero-order valence-electron chi connectivity index (χ0n) is 8.88. The first kappa shape index (κ1) is 10.9. The molecule has 0 saturated carbocycles. The Kier molecular flexibility index (Phi) is 2.43. The summed E-state index contributed by atoms with van der Waals surface area (Å²) in [7, 11) is 0. The highest BCUT2D eigenvalue weighted by atomic mass is 16.6. The molecule has 7 heteroatoms. The number of hydrogen-bond acceptors (Lipinski definition) is 4. The highest BCUT2D eigenvalue weighted by molar-refractivity contribution is 5.42. The van der Waals surface area contributed by atoms with Crippen LogP contribution in [0.2, 0.25) is 0 Å². The predicted octanol–water partition coefficient (Wildman–Crippen LogP) is 1.09. The van der Waals surface area contributed by atoms with Gasteiger partial charge < -0.3 is 5.11 Å². The van der Waals surface area contributed by atoms with Gasteiger partial charge in [0.25, 0.3) is 5.69 Å². The SMILES string of the molecule is Cc1c(O)[nH]c(=O)n1-c1ccc([N+](=O)[O-])cc1. The standard InChI is InChI=1S/C10H9N3O4/c1-6-9(14)11-10(15)12(6)7-2-4-8(5-3-7)13(16)17/h2-5,14H,1H3,(H,11,15). The molecule has 1 heterocycles. The lowest BCUT2D eigenvalue weighted by Crippen LogP contribution is -2.15. The Morgan fingerprint density at radius 1 is 1.35 bits per heavy atom. The lowest BCUT2D eigenvalue weighted by Gasteiger charge is -2.02. The Balaban J connectivity index is 2.54. The third-order valence-corrected chi connectivity index (χ3v) is 2.43. The Morgan fingerprint density at radius 3 is 2.35 bits per heavy atom. The number of benzene rings is 1. The Bertz CT molecular complexity index is 624. The largest absolute Gasteiger partial charge is 0.493 e. The lowest BCUT2D eigenvalue weighted by atomic mass is 10.3. The molecule has 0 fully saturated rings. The third kappa shape index (κ3) is 1.78. The Hall–Kier alpha value is -2.57. The number of nitrogens with one attached hydrogen (secondary N) is 1. The van der Waals surface area contributed by atoms with E-state index in [2.05, 4.69) is 4.98 Å². The van der Waals surface area contributed by atoms with Gasteiger partial charge in [-0.05, 0) is 19.1 Å². The second kappa shape index (κ2) is 3.78. The highest BCUT2D eigenvalue weighted by Crippen LogP contribution is 2.18. The molecule has 1 aromatic carbocycles. The molecular formula is C10H9N3O4. The van der Waals surface area contributed by atoms with Crippen molar-refractivity contribution in [1.29, 1.82) is 0 Å². The van der Waals surface area contributed by atoms with Gasteiger partial charge in [0.1, 0.15) is 0 Å². The first-order chi connectivity index (χ1) is 8.00. The molecule has 0 radical (unpaired) electrons. The smallest absolute Gasteiger partial charge is 0.333 e. The number of hydrogen-bond donors (Lipinski definition) is 2. The molecule has 1 aromatic heterocycles. The minimum atomic E-state index is -0.520. The maximum atomic E-state index is 11.5. The fourth-order valence-electron chi connectivity index (χ4n) is 1.54. The number of aromatic hydroxyl groups is 1. The summed E-state index contributed by atoms with van der Waals surface area (Å²) < 4.78 is 1.24. The van der Waals surface area contributed by atoms with E-state index in [9.17, 15) is 20.0 Å². The first-order valence-corrected chi connectivity index (χ1v) is 4.76. The fraction of sp³-hybridized carbons (Fsp3) is 0.100. The van der Waals surface area contributed by atoms with Gasteiger partial charge in [-0.1, -0.05) is 0 Å². The van der Waals surface area contributed by atoms with Gasteiger partial charge in [0, 0.05) is 12.1 Å². The number of aromatic amines is 1. The predicted molar refractivity (Wildman–Crippen MR) is 59.4 cm³/mol. The van der Waals surface area contributed by atoms with Crippen molar-refractivity contribution >= 4 is 5.69 Å². The number of H-pyrrole nitrogens is 1. The molecule has 0 bridgehead atoms. The van der Waals surface area contributed by atoms with Crippen molar-refractivity contribution in [3.8, 4) is 11.6 Å². The maximum absolute atomic E-state index is 11.5. The van der Waals surface area contributed by atoms with Crippen LogP contribution in [0.1, 0.15) is 5.69 Å². The number of non-ortho nitro benzene ring substituents is 1. The van der Waals surface area contributed by atoms with Crippen LogP contribution in [0.4, 0.5) is 5.69 Å². The molecule has 0 unspecified atom stereocenters. The first-order valence-electron chi connectivity index (χ1n) is 4.76. The summed E-state index contributed by atoms with van der Waals surface area (Å²) in [4.78, 5) is 23.7. The molecule has 7 nitrogen and oxygen atoms in total. The second-order valence-electron chi connectivity index (χ2n) is 3.47. The summed E-state index contributed by atoms with van der Waals surface area (Å²) in [6.07, 6.45) is 0. The van der Waals surface area contributed by atoms with Gasteiger partial charge in [-0.25, -0.2) is 4.79 Å². The number of nitro benzene ring substituents is 1. The Morgan fingerprint density at radius 2 is 1.94 bits per heavy atom. The average Bonchev–Trinajstić information content (AvgIpc) is 2.53. The number of aromatic nitrogens is 2. The molecule has 2 aromatic rings. The molecule has 2 N–H and O–H groups in total. The lowest BCUT2D eigenvalue weighted by molar-refractivity contribution is -0.384. The van der Waals surface area contributed by atoms with Gasteiger partial charge in [-0.2, -0.15) is 0 Å². The van der Waals surface area contributed by atoms with Crippen LogP contribution in [0.15, 0.2) is 29.1 Å². The molecule has 2 rings (SSSR count). The molecular weight excluding hydrogens is 226 g/mol. The van der Waals surface area contributed by atoms with Gasteiger partial charge in [0.2, 0.25) is 5.88 Å². The van der Waals surface area contributed by atoms with Crippen molar-refractivity contribution in [2.45, 2.75) is 6.92 Å². The minimum Gasteiger partial charge on any atom is -0.493 e. The molecule has 88 valence electrons. The van der Waals surface area contributed by atoms with E-state index in [0.717, 1.165) is 0 Å². The van der Waals surface area contributed by atoms with Crippen LogP contribution >= 0.6 is 0 Å². The molecule has 0 saturated heterocycles. The van der Waals surface area contributed by atoms with Crippen LogP contribution in [0.5, 0.6) is 5.88 Å². The number of nitro groups is 1. The van der Waals surface area contributed by atoms with Crippen molar-refractivity contribution in [2.24, 2.45) is 0 Å². The second-order valence-corrected chi connectivity index (χ2v) is 3.47. The van der Waals surface area contributed by atoms with Crippen molar-refractivity contribution in [1.82, 2.24) is 9.55 Å². The summed E-state index contributed by atoms with van der Waals surface area (Å²) in [6.45, 7) is 1.56. The Labute approximate surface area is 95.1 Å². The number of rotatable bonds is 2. The van der Waals surface area contributed by atoms with E-state index in [1.807, 2.05) is 0 Å². The maximum Gasteiger partial charge on any atom is 0.333 e. The van der Waals surface area contributed by atoms with Crippen LogP contribution in [0, 0.1) is 17.0 Å². The number of imidazole rings is 1. The van der Waals surface area contributed by atoms with Crippen LogP contribution < -0.4 is 5.69 Å². The zero-order valence-corrected chi connectivity index (χ0v) is 8.88. The van der Waals surface area contributed by atoms with Crippen LogP contribution in [-0.2, 0) is 0 Å². The van der Waals surface area contributed by atoms with Crippen LogP contribution in [0.3, 0.4) is 0 Å². The van der Waals surface area contributed by atoms with Gasteiger partial charge in [0.05, 0.1) is 16.3 Å². The molecule has 0 aliphatic heterocycles. The van der Waals surface area contributed by atoms with E-state index in [4.69, 9.17) is 0 Å². The summed E-state index contributed by atoms with van der Waals surface area (Å²) >= 11 is 0. The summed E-state index contributed by atoms with van der Waals surface area (Å²) in [6, 6.07) is 5.48. The van der Waals surface area contributed by atoms with Gasteiger partial charge in [-0.15, -0.1) is 0 Å². The minimum absolute atomic E-state index is 0.0563. The van der Waals surface area contributed by atoms with Crippen molar-refractivity contribution in [3.63, 3.8) is 0 Å². The summed E-state index contributed by atoms with van der Waals surface area (Å²) in [5.74, 6) is -0.214. The normalized spacial score (nSPS) is 10.4. The molecule has 0 atom stereocenters. The summed E-state index contributed by atoms with van der Waals surface area (Å²) in [5.41, 5.74) is 0.256. The van der Waals surface area contributed by atoms with Gasteiger partial charge in [-0.3, -0.25) is 19.7 Å². The molecule has 0 amide bonds. The van der Waals surface area contributed by atoms with E-state index >= 15 is 0 Å². The molecule has 17 heavy (non-hydrogen) atoms. The molecule has 0 aliphatic rings. The molecule has 0 aliphatic carbocycles. The van der Waals surface area contributed by atoms with E-state index in [1.165, 1.54) is 28.8 Å². The highest BCUT2D eigenvalue weighted by Gasteiger charge is 2.12. The van der Waals surface area contributed by atoms with Gasteiger partial charge >= 0.3 is 5.69 Å². The fourth-order valence-corrected chi connectivity index (χ4v) is 1.54. The monoisotopic (exact) mass is 235 g/mol. The van der Waals surface area contributed by atoms with Crippen molar-refractivity contribution in [3.05, 3.63) is 50.6 Å². The van der Waals surface area contributed by atoms with Crippen molar-refractivity contribution < 1.29 is 10.0 Å². The average molecular weight is 235 g/mol. The molecule has 0 spiro atoms. The number of nitrogens with zero attached hydrogens (tertiary/aromatic N) is 2. The zero-order chi connectivity index (χ0) is 12.6. The van der Waals surface area contributed by atoms with E-state index < -0.39 is 10.6 Å². The summed E-state index contributed by atoms with van der Waals surface area (Å²) in [5, 5.41) is 19.8. The van der Waals surface area contributed by atoms with E-state index in [0.29, 0.717) is 11.4 Å².